The lowest BCUT2D eigenvalue weighted by Crippen LogP contribution is -1.85. The number of aliphatic hydroxyl groups is 2. The van der Waals surface area contributed by atoms with E-state index in [9.17, 15) is 0 Å². The first-order valence-electron chi connectivity index (χ1n) is 6.38. The Balaban J connectivity index is 2.83. The molecule has 0 unspecified atom stereocenters. The van der Waals surface area contributed by atoms with Crippen LogP contribution in [0.15, 0.2) is 0 Å². The molecular weight excluding hydrogens is 240 g/mol. The topological polar surface area (TPSA) is 40.5 Å². The van der Waals surface area contributed by atoms with E-state index in [4.69, 9.17) is 10.2 Å². The monoisotopic (exact) mass is 266 g/mol. The summed E-state index contributed by atoms with van der Waals surface area (Å²) in [5.41, 5.74) is 0. The SMILES string of the molecule is OCCCCCCSSCCCCCCO. The van der Waals surface area contributed by atoms with E-state index in [1.165, 1.54) is 50.0 Å². The molecule has 0 heterocycles. The van der Waals surface area contributed by atoms with Crippen molar-refractivity contribution < 1.29 is 10.2 Å². The highest BCUT2D eigenvalue weighted by atomic mass is 33.1. The molecule has 0 rings (SSSR count). The normalized spacial score (nSPS) is 10.9. The van der Waals surface area contributed by atoms with Crippen LogP contribution in [0.2, 0.25) is 0 Å². The fourth-order valence-electron chi connectivity index (χ4n) is 1.37. The van der Waals surface area contributed by atoms with Crippen LogP contribution in [0.3, 0.4) is 0 Å². The number of unbranched alkanes of at least 4 members (excludes halogenated alkanes) is 6. The third kappa shape index (κ3) is 14.6. The van der Waals surface area contributed by atoms with E-state index in [1.54, 1.807) is 0 Å². The van der Waals surface area contributed by atoms with Crippen LogP contribution in [-0.2, 0) is 0 Å². The molecule has 0 bridgehead atoms. The van der Waals surface area contributed by atoms with Crippen LogP contribution in [0.4, 0.5) is 0 Å². The molecule has 0 aliphatic rings. The summed E-state index contributed by atoms with van der Waals surface area (Å²) in [6.45, 7) is 0.686. The summed E-state index contributed by atoms with van der Waals surface area (Å²) >= 11 is 0. The minimum Gasteiger partial charge on any atom is -0.396 e. The van der Waals surface area contributed by atoms with Crippen LogP contribution >= 0.6 is 21.6 Å². The standard InChI is InChI=1S/C12H26O2S2/c13-9-5-1-3-7-11-15-16-12-8-4-2-6-10-14/h13-14H,1-12H2. The van der Waals surface area contributed by atoms with E-state index in [-0.39, 0.29) is 0 Å². The van der Waals surface area contributed by atoms with Crippen LogP contribution in [0, 0.1) is 0 Å². The van der Waals surface area contributed by atoms with Crippen molar-refractivity contribution in [3.63, 3.8) is 0 Å². The van der Waals surface area contributed by atoms with Crippen molar-refractivity contribution in [3.05, 3.63) is 0 Å². The van der Waals surface area contributed by atoms with Gasteiger partial charge in [-0.1, -0.05) is 47.3 Å². The molecule has 98 valence electrons. The molecule has 0 aromatic heterocycles. The smallest absolute Gasteiger partial charge is 0.0431 e. The molecule has 0 amide bonds. The third-order valence-corrected chi connectivity index (χ3v) is 4.93. The van der Waals surface area contributed by atoms with Crippen LogP contribution in [0.1, 0.15) is 51.4 Å². The summed E-state index contributed by atoms with van der Waals surface area (Å²) in [6, 6.07) is 0. The minimum absolute atomic E-state index is 0.343. The first kappa shape index (κ1) is 16.6. The molecule has 2 N–H and O–H groups in total. The van der Waals surface area contributed by atoms with Gasteiger partial charge in [-0.2, -0.15) is 0 Å². The molecule has 0 aliphatic carbocycles. The van der Waals surface area contributed by atoms with Crippen molar-refractivity contribution >= 4 is 21.6 Å². The molecule has 4 heteroatoms. The maximum Gasteiger partial charge on any atom is 0.0431 e. The zero-order chi connectivity index (χ0) is 11.9. The van der Waals surface area contributed by atoms with Crippen molar-refractivity contribution in [2.45, 2.75) is 51.4 Å². The lowest BCUT2D eigenvalue weighted by molar-refractivity contribution is 0.282. The molecule has 0 radical (unpaired) electrons. The average Bonchev–Trinajstić information content (AvgIpc) is 2.31. The van der Waals surface area contributed by atoms with Gasteiger partial charge in [0, 0.05) is 24.7 Å². The van der Waals surface area contributed by atoms with Crippen LogP contribution in [0.25, 0.3) is 0 Å². The molecular formula is C12H26O2S2. The molecule has 0 fully saturated rings. The van der Waals surface area contributed by atoms with Crippen molar-refractivity contribution in [3.8, 4) is 0 Å². The lowest BCUT2D eigenvalue weighted by atomic mass is 10.2. The van der Waals surface area contributed by atoms with Gasteiger partial charge in [0.25, 0.3) is 0 Å². The molecule has 16 heavy (non-hydrogen) atoms. The van der Waals surface area contributed by atoms with E-state index in [1.807, 2.05) is 21.6 Å². The van der Waals surface area contributed by atoms with Crippen molar-refractivity contribution in [1.82, 2.24) is 0 Å². The Hall–Kier alpha value is 0.620. The van der Waals surface area contributed by atoms with E-state index >= 15 is 0 Å². The Morgan fingerprint density at radius 2 is 0.875 bits per heavy atom. The Bertz CT molecular complexity index is 110. The van der Waals surface area contributed by atoms with Gasteiger partial charge in [-0.05, 0) is 25.7 Å². The highest BCUT2D eigenvalue weighted by Crippen LogP contribution is 2.24. The van der Waals surface area contributed by atoms with E-state index in [0.717, 1.165) is 12.8 Å². The van der Waals surface area contributed by atoms with E-state index < -0.39 is 0 Å². The Kier molecular flexibility index (Phi) is 16.2. The molecule has 2 nitrogen and oxygen atoms in total. The van der Waals surface area contributed by atoms with Gasteiger partial charge in [-0.25, -0.2) is 0 Å². The highest BCUT2D eigenvalue weighted by molar-refractivity contribution is 8.76. The van der Waals surface area contributed by atoms with E-state index in [0.29, 0.717) is 13.2 Å². The molecule has 0 spiro atoms. The number of hydrogen-bond acceptors (Lipinski definition) is 4. The lowest BCUT2D eigenvalue weighted by Gasteiger charge is -2.01. The van der Waals surface area contributed by atoms with Gasteiger partial charge in [-0.3, -0.25) is 0 Å². The zero-order valence-corrected chi connectivity index (χ0v) is 11.8. The Morgan fingerprint density at radius 1 is 0.500 bits per heavy atom. The summed E-state index contributed by atoms with van der Waals surface area (Å²) in [4.78, 5) is 0. The Labute approximate surface area is 108 Å². The van der Waals surface area contributed by atoms with Gasteiger partial charge in [0.1, 0.15) is 0 Å². The first-order valence-corrected chi connectivity index (χ1v) is 8.86. The predicted molar refractivity (Wildman–Crippen MR) is 76.0 cm³/mol. The van der Waals surface area contributed by atoms with Crippen molar-refractivity contribution in [2.24, 2.45) is 0 Å². The summed E-state index contributed by atoms with van der Waals surface area (Å²) in [5, 5.41) is 17.2. The molecule has 0 atom stereocenters. The second-order valence-corrected chi connectivity index (χ2v) is 6.62. The predicted octanol–water partition coefficient (Wildman–Crippen LogP) is 3.47. The molecule has 0 saturated carbocycles. The maximum absolute atomic E-state index is 8.60. The molecule has 0 saturated heterocycles. The summed E-state index contributed by atoms with van der Waals surface area (Å²) in [7, 11) is 3.96. The second kappa shape index (κ2) is 15.6. The summed E-state index contributed by atoms with van der Waals surface area (Å²) in [5.74, 6) is 2.49. The molecule has 0 aromatic rings. The zero-order valence-electron chi connectivity index (χ0n) is 10.2. The third-order valence-electron chi connectivity index (χ3n) is 2.35. The summed E-state index contributed by atoms with van der Waals surface area (Å²) in [6.07, 6.45) is 9.33. The number of hydrogen-bond donors (Lipinski definition) is 2. The van der Waals surface area contributed by atoms with Gasteiger partial charge in [0.2, 0.25) is 0 Å². The largest absolute Gasteiger partial charge is 0.396 e. The second-order valence-electron chi connectivity index (χ2n) is 3.92. The van der Waals surface area contributed by atoms with Crippen molar-refractivity contribution in [2.75, 3.05) is 24.7 Å². The van der Waals surface area contributed by atoms with Crippen LogP contribution < -0.4 is 0 Å². The van der Waals surface area contributed by atoms with Gasteiger partial charge < -0.3 is 10.2 Å². The quantitative estimate of drug-likeness (QED) is 0.395. The first-order chi connectivity index (χ1) is 7.91. The van der Waals surface area contributed by atoms with Crippen LogP contribution in [0.5, 0.6) is 0 Å². The number of rotatable bonds is 13. The van der Waals surface area contributed by atoms with Gasteiger partial charge in [0.05, 0.1) is 0 Å². The van der Waals surface area contributed by atoms with Gasteiger partial charge in [-0.15, -0.1) is 0 Å². The minimum atomic E-state index is 0.343. The van der Waals surface area contributed by atoms with Crippen LogP contribution in [-0.4, -0.2) is 34.9 Å². The van der Waals surface area contributed by atoms with Gasteiger partial charge >= 0.3 is 0 Å². The number of aliphatic hydroxyl groups excluding tert-OH is 2. The van der Waals surface area contributed by atoms with Gasteiger partial charge in [0.15, 0.2) is 0 Å². The fourth-order valence-corrected chi connectivity index (χ4v) is 3.66. The Morgan fingerprint density at radius 3 is 1.25 bits per heavy atom. The van der Waals surface area contributed by atoms with E-state index in [2.05, 4.69) is 0 Å². The maximum atomic E-state index is 8.60. The fraction of sp³-hybridized carbons (Fsp3) is 1.00. The molecule has 0 aromatic carbocycles. The summed E-state index contributed by atoms with van der Waals surface area (Å²) < 4.78 is 0. The highest BCUT2D eigenvalue weighted by Gasteiger charge is 1.93. The average molecular weight is 266 g/mol. The van der Waals surface area contributed by atoms with Crippen molar-refractivity contribution in [1.29, 1.82) is 0 Å². The molecule has 0 aliphatic heterocycles.